The minimum absolute atomic E-state index is 0.0339. The van der Waals surface area contributed by atoms with Crippen LogP contribution in [0.5, 0.6) is 5.75 Å². The third kappa shape index (κ3) is 6.23. The monoisotopic (exact) mass is 438 g/mol. The average Bonchev–Trinajstić information content (AvgIpc) is 2.85. The fourth-order valence-electron chi connectivity index (χ4n) is 3.62. The number of aldehydes is 1. The van der Waals surface area contributed by atoms with E-state index in [1.54, 1.807) is 61.7 Å². The molecule has 3 aromatic rings. The highest BCUT2D eigenvalue weighted by Crippen LogP contribution is 2.28. The molecule has 33 heavy (non-hydrogen) atoms. The van der Waals surface area contributed by atoms with Crippen molar-refractivity contribution in [1.29, 1.82) is 0 Å². The second kappa shape index (κ2) is 11.5. The Labute approximate surface area is 194 Å². The zero-order valence-corrected chi connectivity index (χ0v) is 18.6. The summed E-state index contributed by atoms with van der Waals surface area (Å²) in [6, 6.07) is 25.5. The van der Waals surface area contributed by atoms with Gasteiger partial charge in [0.1, 0.15) is 18.0 Å². The Morgan fingerprint density at radius 2 is 1.52 bits per heavy atom. The van der Waals surface area contributed by atoms with Gasteiger partial charge in [0.15, 0.2) is 11.6 Å². The summed E-state index contributed by atoms with van der Waals surface area (Å²) in [6.45, 7) is 4.05. The van der Waals surface area contributed by atoms with Crippen molar-refractivity contribution in [3.63, 3.8) is 0 Å². The third-order valence-corrected chi connectivity index (χ3v) is 5.36. The van der Waals surface area contributed by atoms with Gasteiger partial charge in [0.25, 0.3) is 0 Å². The minimum atomic E-state index is -1.02. The molecular weight excluding hydrogens is 412 g/mol. The van der Waals surface area contributed by atoms with Gasteiger partial charge in [-0.2, -0.15) is 0 Å². The largest absolute Gasteiger partial charge is 0.497 e. The lowest BCUT2D eigenvalue weighted by atomic mass is 9.83. The Kier molecular flexibility index (Phi) is 8.25. The zero-order chi connectivity index (χ0) is 23.6. The number of carbonyl (C=O) groups excluding carboxylic acids is 3. The fourth-order valence-corrected chi connectivity index (χ4v) is 3.62. The molecule has 166 valence electrons. The molecule has 1 atom stereocenters. The molecule has 0 aromatic heterocycles. The van der Waals surface area contributed by atoms with Crippen LogP contribution in [0, 0.1) is 0 Å². The number of carbonyl (C=O) groups is 3. The molecule has 0 aliphatic carbocycles. The number of methoxy groups -OCH3 is 1. The van der Waals surface area contributed by atoms with Gasteiger partial charge in [0.2, 0.25) is 0 Å². The molecule has 0 aliphatic rings. The van der Waals surface area contributed by atoms with Crippen LogP contribution in [0.1, 0.15) is 35.4 Å². The molecule has 4 nitrogen and oxygen atoms in total. The summed E-state index contributed by atoms with van der Waals surface area (Å²) in [5, 5.41) is 0. The van der Waals surface area contributed by atoms with Gasteiger partial charge in [-0.25, -0.2) is 0 Å². The van der Waals surface area contributed by atoms with Crippen molar-refractivity contribution in [1.82, 2.24) is 0 Å². The summed E-state index contributed by atoms with van der Waals surface area (Å²) in [7, 11) is 1.57. The molecule has 0 aliphatic heterocycles. The average molecular weight is 439 g/mol. The first-order chi connectivity index (χ1) is 16.0. The Bertz CT molecular complexity index is 1140. The van der Waals surface area contributed by atoms with Crippen LogP contribution < -0.4 is 4.74 Å². The van der Waals surface area contributed by atoms with Crippen molar-refractivity contribution in [2.24, 2.45) is 0 Å². The van der Waals surface area contributed by atoms with Crippen molar-refractivity contribution in [3.8, 4) is 5.75 Å². The summed E-state index contributed by atoms with van der Waals surface area (Å²) in [5.74, 6) is -0.968. The third-order valence-electron chi connectivity index (χ3n) is 5.36. The second-order valence-corrected chi connectivity index (χ2v) is 7.63. The minimum Gasteiger partial charge on any atom is -0.497 e. The second-order valence-electron chi connectivity index (χ2n) is 7.63. The normalized spacial score (nSPS) is 12.0. The van der Waals surface area contributed by atoms with E-state index in [0.29, 0.717) is 23.2 Å². The molecule has 0 bridgehead atoms. The van der Waals surface area contributed by atoms with Gasteiger partial charge in [0.05, 0.1) is 7.11 Å². The van der Waals surface area contributed by atoms with Crippen LogP contribution in [0.15, 0.2) is 97.1 Å². The van der Waals surface area contributed by atoms with E-state index in [0.717, 1.165) is 11.1 Å². The molecule has 1 unspecified atom stereocenters. The maximum absolute atomic E-state index is 13.6. The summed E-state index contributed by atoms with van der Waals surface area (Å²) in [5.41, 5.74) is 3.12. The smallest absolute Gasteiger partial charge is 0.174 e. The molecule has 0 amide bonds. The topological polar surface area (TPSA) is 60.4 Å². The molecule has 0 saturated carbocycles. The number of ketones is 2. The lowest BCUT2D eigenvalue weighted by Gasteiger charge is -2.18. The Morgan fingerprint density at radius 1 is 0.909 bits per heavy atom. The number of hydrogen-bond donors (Lipinski definition) is 0. The van der Waals surface area contributed by atoms with E-state index in [2.05, 4.69) is 6.58 Å². The lowest BCUT2D eigenvalue weighted by molar-refractivity contribution is -0.127. The molecule has 3 aromatic carbocycles. The zero-order valence-electron chi connectivity index (χ0n) is 18.6. The van der Waals surface area contributed by atoms with E-state index in [1.165, 1.54) is 0 Å². The van der Waals surface area contributed by atoms with E-state index in [4.69, 9.17) is 4.74 Å². The molecule has 0 heterocycles. The summed E-state index contributed by atoms with van der Waals surface area (Å²) in [4.78, 5) is 38.4. The van der Waals surface area contributed by atoms with Crippen LogP contribution in [0.2, 0.25) is 0 Å². The first-order valence-corrected chi connectivity index (χ1v) is 10.7. The van der Waals surface area contributed by atoms with E-state index in [9.17, 15) is 14.4 Å². The Morgan fingerprint density at radius 3 is 2.09 bits per heavy atom. The molecule has 0 fully saturated rings. The molecule has 0 radical (unpaired) electrons. The number of hydrogen-bond acceptors (Lipinski definition) is 4. The Hall–Kier alpha value is -4.05. The van der Waals surface area contributed by atoms with Crippen molar-refractivity contribution in [2.45, 2.75) is 18.8 Å². The standard InChI is InChI=1S/C29H26O4/c1-21(23-9-5-3-6-10-23)19-27(31)28(24-11-7-4-8-12-24)29(32)25(17-18-30)20-22-13-15-26(33-2)16-14-22/h3-16,18,20,28H,1,17,19H2,2H3. The van der Waals surface area contributed by atoms with Crippen molar-refractivity contribution in [2.75, 3.05) is 7.11 Å². The molecule has 3 rings (SSSR count). The predicted octanol–water partition coefficient (Wildman–Crippen LogP) is 5.69. The van der Waals surface area contributed by atoms with Gasteiger partial charge < -0.3 is 9.53 Å². The van der Waals surface area contributed by atoms with Crippen LogP contribution in [0.4, 0.5) is 0 Å². The van der Waals surface area contributed by atoms with E-state index < -0.39 is 5.92 Å². The SMILES string of the molecule is C=C(CC(=O)C(C(=O)C(=Cc1ccc(OC)cc1)CC=O)c1ccccc1)c1ccccc1. The summed E-state index contributed by atoms with van der Waals surface area (Å²) < 4.78 is 5.17. The summed E-state index contributed by atoms with van der Waals surface area (Å²) in [6.07, 6.45) is 2.29. The van der Waals surface area contributed by atoms with Crippen LogP contribution in [-0.2, 0) is 14.4 Å². The number of Topliss-reactive ketones (excluding diaryl/α,β-unsaturated/α-hetero) is 2. The maximum atomic E-state index is 13.6. The molecule has 4 heteroatoms. The van der Waals surface area contributed by atoms with Gasteiger partial charge in [-0.15, -0.1) is 0 Å². The number of rotatable bonds is 11. The van der Waals surface area contributed by atoms with E-state index in [1.807, 2.05) is 36.4 Å². The highest BCUT2D eigenvalue weighted by atomic mass is 16.5. The van der Waals surface area contributed by atoms with Crippen molar-refractivity contribution in [3.05, 3.63) is 114 Å². The van der Waals surface area contributed by atoms with E-state index in [-0.39, 0.29) is 30.0 Å². The highest BCUT2D eigenvalue weighted by molar-refractivity contribution is 6.18. The molecular formula is C29H26O4. The van der Waals surface area contributed by atoms with E-state index >= 15 is 0 Å². The van der Waals surface area contributed by atoms with Crippen molar-refractivity contribution < 1.29 is 19.1 Å². The van der Waals surface area contributed by atoms with Gasteiger partial charge in [-0.3, -0.25) is 9.59 Å². The number of ether oxygens (including phenoxy) is 1. The molecule has 0 N–H and O–H groups in total. The first-order valence-electron chi connectivity index (χ1n) is 10.7. The van der Waals surface area contributed by atoms with Crippen LogP contribution in [-0.4, -0.2) is 25.0 Å². The van der Waals surface area contributed by atoms with Crippen molar-refractivity contribution >= 4 is 29.5 Å². The van der Waals surface area contributed by atoms with Crippen LogP contribution in [0.3, 0.4) is 0 Å². The number of allylic oxidation sites excluding steroid dienone is 2. The molecule has 0 saturated heterocycles. The number of benzene rings is 3. The molecule has 0 spiro atoms. The lowest BCUT2D eigenvalue weighted by Crippen LogP contribution is -2.24. The highest BCUT2D eigenvalue weighted by Gasteiger charge is 2.30. The van der Waals surface area contributed by atoms with Crippen LogP contribution >= 0.6 is 0 Å². The summed E-state index contributed by atoms with van der Waals surface area (Å²) >= 11 is 0. The fraction of sp³-hybridized carbons (Fsp3) is 0.138. The van der Waals surface area contributed by atoms with Gasteiger partial charge in [0, 0.05) is 18.4 Å². The predicted molar refractivity (Wildman–Crippen MR) is 131 cm³/mol. The van der Waals surface area contributed by atoms with Crippen LogP contribution in [0.25, 0.3) is 11.6 Å². The maximum Gasteiger partial charge on any atom is 0.174 e. The van der Waals surface area contributed by atoms with Gasteiger partial charge in [-0.05, 0) is 40.5 Å². The van der Waals surface area contributed by atoms with Gasteiger partial charge in [-0.1, -0.05) is 79.4 Å². The quantitative estimate of drug-likeness (QED) is 0.219. The van der Waals surface area contributed by atoms with Gasteiger partial charge >= 0.3 is 0 Å². The first kappa shape index (κ1) is 23.6. The Balaban J connectivity index is 1.94.